The average Bonchev–Trinajstić information content (AvgIpc) is 3.21. The number of carbonyl (C=O) groups is 1. The third kappa shape index (κ3) is 1.73. The van der Waals surface area contributed by atoms with Crippen LogP contribution in [0.4, 0.5) is 0 Å². The summed E-state index contributed by atoms with van der Waals surface area (Å²) in [5.74, 6) is 1.20. The maximum Gasteiger partial charge on any atom is 0.160 e. The van der Waals surface area contributed by atoms with Gasteiger partial charge < -0.3 is 5.32 Å². The summed E-state index contributed by atoms with van der Waals surface area (Å²) in [6.45, 7) is 11.9. The Kier molecular flexibility index (Phi) is 3.35. The van der Waals surface area contributed by atoms with E-state index >= 15 is 0 Å². The van der Waals surface area contributed by atoms with Crippen molar-refractivity contribution in [3.8, 4) is 0 Å². The van der Waals surface area contributed by atoms with Crippen molar-refractivity contribution < 1.29 is 4.79 Å². The van der Waals surface area contributed by atoms with Crippen LogP contribution in [-0.2, 0) is 4.79 Å². The number of carbonyl (C=O) groups excluding carboxylic acids is 1. The van der Waals surface area contributed by atoms with Gasteiger partial charge in [-0.3, -0.25) is 4.79 Å². The fourth-order valence-electron chi connectivity index (χ4n) is 9.21. The molecule has 4 fully saturated rings. The van der Waals surface area contributed by atoms with E-state index in [2.05, 4.69) is 59.1 Å². The van der Waals surface area contributed by atoms with Crippen molar-refractivity contribution in [2.45, 2.75) is 85.6 Å². The van der Waals surface area contributed by atoms with Crippen LogP contribution in [0.15, 0.2) is 23.3 Å². The van der Waals surface area contributed by atoms with Gasteiger partial charge in [0.15, 0.2) is 5.78 Å². The molecule has 0 radical (unpaired) electrons. The van der Waals surface area contributed by atoms with E-state index in [1.165, 1.54) is 38.5 Å². The first-order valence-corrected chi connectivity index (χ1v) is 11.2. The summed E-state index contributed by atoms with van der Waals surface area (Å²) in [7, 11) is 2.15. The Balaban J connectivity index is 1.62. The molecule has 4 saturated carbocycles. The van der Waals surface area contributed by atoms with Crippen molar-refractivity contribution >= 4 is 5.78 Å². The summed E-state index contributed by atoms with van der Waals surface area (Å²) in [6.07, 6.45) is 13.3. The van der Waals surface area contributed by atoms with E-state index in [4.69, 9.17) is 0 Å². The van der Waals surface area contributed by atoms with Crippen molar-refractivity contribution in [1.82, 2.24) is 5.32 Å². The summed E-state index contributed by atoms with van der Waals surface area (Å²) in [5, 5.41) is 3.63. The zero-order chi connectivity index (χ0) is 19.5. The van der Waals surface area contributed by atoms with Crippen molar-refractivity contribution in [1.29, 1.82) is 0 Å². The van der Waals surface area contributed by atoms with Crippen LogP contribution >= 0.6 is 0 Å². The molecule has 6 atom stereocenters. The smallest absolute Gasteiger partial charge is 0.160 e. The summed E-state index contributed by atoms with van der Waals surface area (Å²) in [5.41, 5.74) is 4.18. The molecular formula is C25H37NO. The molecule has 0 aromatic carbocycles. The van der Waals surface area contributed by atoms with Gasteiger partial charge in [0.25, 0.3) is 0 Å². The molecule has 2 nitrogen and oxygen atoms in total. The average molecular weight is 368 g/mol. The lowest BCUT2D eigenvalue weighted by Crippen LogP contribution is -2.55. The van der Waals surface area contributed by atoms with Crippen molar-refractivity contribution in [3.63, 3.8) is 0 Å². The Bertz CT molecular complexity index is 790. The summed E-state index contributed by atoms with van der Waals surface area (Å²) >= 11 is 0. The molecular weight excluding hydrogens is 330 g/mol. The highest BCUT2D eigenvalue weighted by molar-refractivity contribution is 6.01. The number of fused-ring (bicyclic) bond motifs is 2. The first kappa shape index (κ1) is 18.2. The molecule has 0 aromatic heterocycles. The number of ketones is 1. The molecule has 27 heavy (non-hydrogen) atoms. The standard InChI is InChI=1S/C25H37NO/c1-7-16-17(27)14-23(5)19-9-8-18-21(2,3)20(26-6)10-11-24(18)15-25(19,24)13-12-22(16,23)4/h7,9,18,20,26H,8,10-15H2,1-6H3/b16-7-/t18-,20-,22+,23-,24+,25-/m0/s1. The van der Waals surface area contributed by atoms with E-state index < -0.39 is 0 Å². The van der Waals surface area contributed by atoms with Crippen LogP contribution in [0.1, 0.15) is 79.6 Å². The minimum Gasteiger partial charge on any atom is -0.316 e. The van der Waals surface area contributed by atoms with E-state index in [0.29, 0.717) is 28.1 Å². The number of rotatable bonds is 1. The van der Waals surface area contributed by atoms with Crippen molar-refractivity contribution in [3.05, 3.63) is 23.3 Å². The highest BCUT2D eigenvalue weighted by Crippen LogP contribution is 2.87. The Labute approximate surface area is 165 Å². The molecule has 5 aliphatic carbocycles. The lowest BCUT2D eigenvalue weighted by Gasteiger charge is -2.59. The summed E-state index contributed by atoms with van der Waals surface area (Å²) in [6, 6.07) is 0.632. The lowest BCUT2D eigenvalue weighted by atomic mass is 9.46. The Morgan fingerprint density at radius 3 is 2.52 bits per heavy atom. The highest BCUT2D eigenvalue weighted by atomic mass is 16.1. The molecule has 5 aliphatic rings. The Morgan fingerprint density at radius 2 is 1.85 bits per heavy atom. The van der Waals surface area contributed by atoms with Crippen molar-refractivity contribution in [2.75, 3.05) is 7.05 Å². The topological polar surface area (TPSA) is 29.1 Å². The SMILES string of the molecule is C/C=C1/C(=O)C[C@@]2(C)C3=CC[C@H]4C(C)(C)[C@@H](NC)CC[C@@]45C[C@@]35CC[C@]12C. The zero-order valence-electron chi connectivity index (χ0n) is 18.2. The molecule has 0 bridgehead atoms. The minimum absolute atomic E-state index is 0.0443. The fraction of sp³-hybridized carbons (Fsp3) is 0.800. The minimum atomic E-state index is 0.0443. The van der Waals surface area contributed by atoms with Crippen LogP contribution in [0.5, 0.6) is 0 Å². The summed E-state index contributed by atoms with van der Waals surface area (Å²) < 4.78 is 0. The van der Waals surface area contributed by atoms with Crippen LogP contribution < -0.4 is 5.32 Å². The van der Waals surface area contributed by atoms with E-state index in [0.717, 1.165) is 17.9 Å². The van der Waals surface area contributed by atoms with Crippen LogP contribution in [0.3, 0.4) is 0 Å². The van der Waals surface area contributed by atoms with Crippen LogP contribution in [-0.4, -0.2) is 18.9 Å². The van der Waals surface area contributed by atoms with E-state index in [1.54, 1.807) is 5.57 Å². The second-order valence-electron chi connectivity index (χ2n) is 11.5. The van der Waals surface area contributed by atoms with Crippen LogP contribution in [0, 0.1) is 33.0 Å². The van der Waals surface area contributed by atoms with Gasteiger partial charge >= 0.3 is 0 Å². The Hall–Kier alpha value is -0.890. The molecule has 2 heteroatoms. The van der Waals surface area contributed by atoms with Gasteiger partial charge in [-0.2, -0.15) is 0 Å². The quantitative estimate of drug-likeness (QED) is 0.494. The van der Waals surface area contributed by atoms with Gasteiger partial charge in [0.2, 0.25) is 0 Å². The first-order chi connectivity index (χ1) is 12.6. The zero-order valence-corrected chi connectivity index (χ0v) is 18.2. The molecule has 0 heterocycles. The largest absolute Gasteiger partial charge is 0.316 e. The van der Waals surface area contributed by atoms with Gasteiger partial charge in [0.1, 0.15) is 0 Å². The Morgan fingerprint density at radius 1 is 1.11 bits per heavy atom. The molecule has 2 spiro atoms. The first-order valence-electron chi connectivity index (χ1n) is 11.2. The van der Waals surface area contributed by atoms with Gasteiger partial charge in [-0.05, 0) is 80.2 Å². The maximum absolute atomic E-state index is 12.9. The van der Waals surface area contributed by atoms with Gasteiger partial charge in [0, 0.05) is 23.3 Å². The summed E-state index contributed by atoms with van der Waals surface area (Å²) in [4.78, 5) is 12.9. The van der Waals surface area contributed by atoms with Gasteiger partial charge in [0.05, 0.1) is 0 Å². The molecule has 148 valence electrons. The van der Waals surface area contributed by atoms with Gasteiger partial charge in [-0.25, -0.2) is 0 Å². The van der Waals surface area contributed by atoms with E-state index in [1.807, 2.05) is 0 Å². The molecule has 0 amide bonds. The second kappa shape index (κ2) is 4.99. The molecule has 0 saturated heterocycles. The van der Waals surface area contributed by atoms with E-state index in [9.17, 15) is 4.79 Å². The predicted molar refractivity (Wildman–Crippen MR) is 110 cm³/mol. The third-order valence-corrected chi connectivity index (χ3v) is 10.8. The fourth-order valence-corrected chi connectivity index (χ4v) is 9.21. The lowest BCUT2D eigenvalue weighted by molar-refractivity contribution is -0.115. The highest BCUT2D eigenvalue weighted by Gasteiger charge is 2.80. The monoisotopic (exact) mass is 367 g/mol. The number of allylic oxidation sites excluding steroid dienone is 4. The predicted octanol–water partition coefficient (Wildman–Crippen LogP) is 5.44. The third-order valence-electron chi connectivity index (χ3n) is 10.8. The van der Waals surface area contributed by atoms with E-state index in [-0.39, 0.29) is 10.8 Å². The van der Waals surface area contributed by atoms with Crippen LogP contribution in [0.2, 0.25) is 0 Å². The number of nitrogens with one attached hydrogen (secondary N) is 1. The van der Waals surface area contributed by atoms with Crippen LogP contribution in [0.25, 0.3) is 0 Å². The number of Topliss-reactive ketones (excluding diaryl/α,β-unsaturated/α-hetero) is 1. The molecule has 0 aromatic rings. The van der Waals surface area contributed by atoms with Gasteiger partial charge in [-0.1, -0.05) is 45.4 Å². The van der Waals surface area contributed by atoms with Crippen molar-refractivity contribution in [2.24, 2.45) is 33.0 Å². The normalized spacial score (nSPS) is 53.9. The van der Waals surface area contributed by atoms with Gasteiger partial charge in [-0.15, -0.1) is 0 Å². The number of hydrogen-bond donors (Lipinski definition) is 1. The molecule has 5 rings (SSSR count). The molecule has 0 aliphatic heterocycles. The number of hydrogen-bond acceptors (Lipinski definition) is 2. The molecule has 1 N–H and O–H groups in total. The second-order valence-corrected chi connectivity index (χ2v) is 11.5. The maximum atomic E-state index is 12.9. The molecule has 0 unspecified atom stereocenters.